The van der Waals surface area contributed by atoms with Gasteiger partial charge in [0.05, 0.1) is 12.1 Å². The third kappa shape index (κ3) is 3.92. The molecule has 1 heterocycles. The van der Waals surface area contributed by atoms with E-state index in [1.807, 2.05) is 30.3 Å². The molecule has 2 rings (SSSR count). The fourth-order valence-corrected chi connectivity index (χ4v) is 1.99. The first-order chi connectivity index (χ1) is 9.87. The molecule has 0 aliphatic heterocycles. The van der Waals surface area contributed by atoms with Gasteiger partial charge in [-0.3, -0.25) is 14.7 Å². The maximum absolute atomic E-state index is 12.1. The first kappa shape index (κ1) is 14.8. The molecule has 6 heteroatoms. The van der Waals surface area contributed by atoms with Crippen LogP contribution in [0.1, 0.15) is 30.8 Å². The lowest BCUT2D eigenvalue weighted by Gasteiger charge is -2.23. The van der Waals surface area contributed by atoms with Gasteiger partial charge in [0.15, 0.2) is 0 Å². The molecule has 0 spiro atoms. The van der Waals surface area contributed by atoms with Crippen LogP contribution in [0.4, 0.5) is 0 Å². The number of carboxylic acids is 1. The molecule has 0 aliphatic carbocycles. The maximum Gasteiger partial charge on any atom is 0.305 e. The first-order valence-electron chi connectivity index (χ1n) is 6.52. The minimum Gasteiger partial charge on any atom is -0.481 e. The van der Waals surface area contributed by atoms with E-state index >= 15 is 0 Å². The summed E-state index contributed by atoms with van der Waals surface area (Å²) in [7, 11) is 0. The van der Waals surface area contributed by atoms with E-state index < -0.39 is 11.5 Å². The van der Waals surface area contributed by atoms with E-state index in [1.54, 1.807) is 19.9 Å². The summed E-state index contributed by atoms with van der Waals surface area (Å²) in [4.78, 5) is 22.9. The molecule has 6 nitrogen and oxygen atoms in total. The fraction of sp³-hybridized carbons (Fsp3) is 0.267. The number of carbonyl (C=O) groups excluding carboxylic acids is 1. The average molecular weight is 287 g/mol. The van der Waals surface area contributed by atoms with E-state index in [-0.39, 0.29) is 12.3 Å². The molecule has 1 aromatic carbocycles. The summed E-state index contributed by atoms with van der Waals surface area (Å²) >= 11 is 0. The molecular weight excluding hydrogens is 270 g/mol. The smallest absolute Gasteiger partial charge is 0.305 e. The van der Waals surface area contributed by atoms with Gasteiger partial charge in [0.2, 0.25) is 0 Å². The second kappa shape index (κ2) is 5.78. The third-order valence-corrected chi connectivity index (χ3v) is 2.94. The van der Waals surface area contributed by atoms with E-state index in [1.165, 1.54) is 0 Å². The Morgan fingerprint density at radius 1 is 1.29 bits per heavy atom. The molecule has 3 N–H and O–H groups in total. The normalized spacial score (nSPS) is 11.1. The monoisotopic (exact) mass is 287 g/mol. The van der Waals surface area contributed by atoms with Crippen molar-refractivity contribution in [3.05, 3.63) is 42.1 Å². The Balaban J connectivity index is 2.11. The molecule has 0 unspecified atom stereocenters. The minimum atomic E-state index is -0.963. The van der Waals surface area contributed by atoms with Gasteiger partial charge in [0.1, 0.15) is 5.69 Å². The zero-order valence-electron chi connectivity index (χ0n) is 11.9. The lowest BCUT2D eigenvalue weighted by Crippen LogP contribution is -2.45. The molecule has 1 aromatic heterocycles. The summed E-state index contributed by atoms with van der Waals surface area (Å²) in [6.07, 6.45) is -0.154. The Labute approximate surface area is 122 Å². The van der Waals surface area contributed by atoms with Crippen LogP contribution in [-0.4, -0.2) is 32.7 Å². The van der Waals surface area contributed by atoms with E-state index in [4.69, 9.17) is 5.11 Å². The lowest BCUT2D eigenvalue weighted by molar-refractivity contribution is -0.138. The molecule has 0 atom stereocenters. The Bertz CT molecular complexity index is 647. The standard InChI is InChI=1S/C15H17N3O3/c1-15(2,9-13(19)20)16-14(21)12-8-11(17-18-12)10-6-4-3-5-7-10/h3-8H,9H2,1-2H3,(H,16,21)(H,17,18)(H,19,20). The molecule has 0 saturated heterocycles. The molecule has 0 radical (unpaired) electrons. The molecule has 0 bridgehead atoms. The van der Waals surface area contributed by atoms with Crippen LogP contribution in [0.5, 0.6) is 0 Å². The van der Waals surface area contributed by atoms with Crippen LogP contribution in [0, 0.1) is 0 Å². The number of aromatic amines is 1. The number of amides is 1. The second-order valence-electron chi connectivity index (χ2n) is 5.44. The van der Waals surface area contributed by atoms with Gasteiger partial charge in [-0.25, -0.2) is 0 Å². The highest BCUT2D eigenvalue weighted by Gasteiger charge is 2.25. The number of carbonyl (C=O) groups is 2. The summed E-state index contributed by atoms with van der Waals surface area (Å²) < 4.78 is 0. The summed E-state index contributed by atoms with van der Waals surface area (Å²) in [5.41, 5.74) is 1.03. The highest BCUT2D eigenvalue weighted by atomic mass is 16.4. The van der Waals surface area contributed by atoms with Crippen molar-refractivity contribution in [2.45, 2.75) is 25.8 Å². The number of H-pyrrole nitrogens is 1. The Kier molecular flexibility index (Phi) is 4.07. The largest absolute Gasteiger partial charge is 0.481 e. The van der Waals surface area contributed by atoms with Crippen molar-refractivity contribution >= 4 is 11.9 Å². The van der Waals surface area contributed by atoms with Gasteiger partial charge in [-0.05, 0) is 19.9 Å². The van der Waals surface area contributed by atoms with Crippen molar-refractivity contribution in [2.75, 3.05) is 0 Å². The minimum absolute atomic E-state index is 0.154. The molecule has 21 heavy (non-hydrogen) atoms. The topological polar surface area (TPSA) is 95.1 Å². The predicted molar refractivity (Wildman–Crippen MR) is 77.8 cm³/mol. The quantitative estimate of drug-likeness (QED) is 0.784. The third-order valence-electron chi connectivity index (χ3n) is 2.94. The molecular formula is C15H17N3O3. The number of aromatic nitrogens is 2. The van der Waals surface area contributed by atoms with Crippen molar-refractivity contribution in [3.8, 4) is 11.3 Å². The molecule has 2 aromatic rings. The maximum atomic E-state index is 12.1. The van der Waals surface area contributed by atoms with Gasteiger partial charge < -0.3 is 10.4 Å². The van der Waals surface area contributed by atoms with Crippen molar-refractivity contribution in [1.29, 1.82) is 0 Å². The van der Waals surface area contributed by atoms with Crippen LogP contribution in [0.25, 0.3) is 11.3 Å². The first-order valence-corrected chi connectivity index (χ1v) is 6.52. The van der Waals surface area contributed by atoms with Crippen molar-refractivity contribution < 1.29 is 14.7 Å². The van der Waals surface area contributed by atoms with E-state index in [2.05, 4.69) is 15.5 Å². The zero-order chi connectivity index (χ0) is 15.5. The van der Waals surface area contributed by atoms with Crippen LogP contribution >= 0.6 is 0 Å². The Hall–Kier alpha value is -2.63. The number of benzene rings is 1. The van der Waals surface area contributed by atoms with Crippen LogP contribution in [0.2, 0.25) is 0 Å². The number of carboxylic acid groups (broad SMARTS) is 1. The van der Waals surface area contributed by atoms with Gasteiger partial charge in [0.25, 0.3) is 5.91 Å². The predicted octanol–water partition coefficient (Wildman–Crippen LogP) is 2.06. The number of hydrogen-bond donors (Lipinski definition) is 3. The number of aliphatic carboxylic acids is 1. The van der Waals surface area contributed by atoms with Crippen molar-refractivity contribution in [2.24, 2.45) is 0 Å². The lowest BCUT2D eigenvalue weighted by atomic mass is 10.0. The number of nitrogens with zero attached hydrogens (tertiary/aromatic N) is 1. The molecule has 1 amide bonds. The van der Waals surface area contributed by atoms with Crippen LogP contribution < -0.4 is 5.32 Å². The van der Waals surface area contributed by atoms with Gasteiger partial charge in [-0.1, -0.05) is 30.3 Å². The summed E-state index contributed by atoms with van der Waals surface area (Å²) in [5.74, 6) is -1.34. The van der Waals surface area contributed by atoms with Crippen molar-refractivity contribution in [1.82, 2.24) is 15.5 Å². The highest BCUT2D eigenvalue weighted by molar-refractivity contribution is 5.94. The van der Waals surface area contributed by atoms with Crippen molar-refractivity contribution in [3.63, 3.8) is 0 Å². The average Bonchev–Trinajstić information content (AvgIpc) is 2.87. The molecule has 0 aliphatic rings. The molecule has 0 fully saturated rings. The second-order valence-corrected chi connectivity index (χ2v) is 5.44. The van der Waals surface area contributed by atoms with Gasteiger partial charge in [0, 0.05) is 11.1 Å². The zero-order valence-corrected chi connectivity index (χ0v) is 11.9. The fourth-order valence-electron chi connectivity index (χ4n) is 1.99. The van der Waals surface area contributed by atoms with E-state index in [0.717, 1.165) is 5.56 Å². The number of nitrogens with one attached hydrogen (secondary N) is 2. The number of hydrogen-bond acceptors (Lipinski definition) is 3. The number of rotatable bonds is 5. The highest BCUT2D eigenvalue weighted by Crippen LogP contribution is 2.17. The van der Waals surface area contributed by atoms with Gasteiger partial charge in [-0.15, -0.1) is 0 Å². The van der Waals surface area contributed by atoms with Crippen LogP contribution in [0.15, 0.2) is 36.4 Å². The Morgan fingerprint density at radius 2 is 1.95 bits per heavy atom. The summed E-state index contributed by atoms with van der Waals surface area (Å²) in [6.45, 7) is 3.32. The van der Waals surface area contributed by atoms with Gasteiger partial charge >= 0.3 is 5.97 Å². The van der Waals surface area contributed by atoms with E-state index in [0.29, 0.717) is 11.4 Å². The molecule has 0 saturated carbocycles. The van der Waals surface area contributed by atoms with Crippen LogP contribution in [0.3, 0.4) is 0 Å². The molecule has 110 valence electrons. The SMILES string of the molecule is CC(C)(CC(=O)O)NC(=O)c1cc(-c2ccccc2)n[nH]1. The summed E-state index contributed by atoms with van der Waals surface area (Å²) in [6, 6.07) is 11.1. The van der Waals surface area contributed by atoms with E-state index in [9.17, 15) is 9.59 Å². The van der Waals surface area contributed by atoms with Crippen LogP contribution in [-0.2, 0) is 4.79 Å². The Morgan fingerprint density at radius 3 is 2.57 bits per heavy atom. The van der Waals surface area contributed by atoms with Gasteiger partial charge in [-0.2, -0.15) is 5.10 Å². The summed E-state index contributed by atoms with van der Waals surface area (Å²) in [5, 5.41) is 18.3.